The van der Waals surface area contributed by atoms with Crippen LogP contribution in [0.15, 0.2) is 0 Å². The Morgan fingerprint density at radius 1 is 0.750 bits per heavy atom. The van der Waals surface area contributed by atoms with E-state index in [9.17, 15) is 0 Å². The molecule has 0 aromatic carbocycles. The predicted molar refractivity (Wildman–Crippen MR) is 21.5 cm³/mol. The van der Waals surface area contributed by atoms with E-state index >= 15 is 0 Å². The summed E-state index contributed by atoms with van der Waals surface area (Å²) in [6.07, 6.45) is 0. The summed E-state index contributed by atoms with van der Waals surface area (Å²) in [4.78, 5) is 0. The van der Waals surface area contributed by atoms with E-state index in [0.717, 1.165) is 0 Å². The van der Waals surface area contributed by atoms with E-state index in [1.54, 1.807) is 0 Å². The summed E-state index contributed by atoms with van der Waals surface area (Å²) in [5.41, 5.74) is 0. The molecule has 4 heteroatoms. The van der Waals surface area contributed by atoms with Crippen LogP contribution in [0, 0.1) is 0 Å². The van der Waals surface area contributed by atoms with Gasteiger partial charge in [0.05, 0.1) is 0 Å². The second-order valence-corrected chi connectivity index (χ2v) is 0. The maximum absolute atomic E-state index is 0. The third kappa shape index (κ3) is 8.91. The summed E-state index contributed by atoms with van der Waals surface area (Å²) in [7, 11) is 0. The molecule has 0 amide bonds. The first-order chi connectivity index (χ1) is 0. The Balaban J connectivity index is 0. The average molecular weight is 84.1 g/mol. The molecule has 0 saturated heterocycles. The summed E-state index contributed by atoms with van der Waals surface area (Å²) < 4.78 is 0. The normalized spacial score (nSPS) is 0. The van der Waals surface area contributed by atoms with Crippen molar-refractivity contribution in [2.75, 3.05) is 0 Å². The average Bonchev–Trinajstić information content (AvgIpc) is 0. The molecule has 0 aliphatic carbocycles. The predicted octanol–water partition coefficient (Wildman–Crippen LogP) is -2.95. The molecule has 0 bridgehead atoms. The van der Waals surface area contributed by atoms with Crippen LogP contribution >= 0.6 is 0 Å². The molecular weight excluding hydrogens is 78.0 g/mol. The first-order valence-corrected chi connectivity index (χ1v) is 0. The van der Waals surface area contributed by atoms with Gasteiger partial charge in [0.2, 0.25) is 0 Å². The molecule has 4 heavy (non-hydrogen) atoms. The van der Waals surface area contributed by atoms with Crippen LogP contribution in [0.4, 0.5) is 0 Å². The molecule has 0 unspecified atom stereocenters. The van der Waals surface area contributed by atoms with Crippen molar-refractivity contribution in [3.63, 3.8) is 0 Å². The fraction of sp³-hybridized carbons (Fsp3) is 0. The van der Waals surface area contributed by atoms with Crippen molar-refractivity contribution in [3.05, 3.63) is 0 Å². The maximum atomic E-state index is 0. The van der Waals surface area contributed by atoms with Crippen molar-refractivity contribution in [3.8, 4) is 0 Å². The Bertz CT molecular complexity index is 6.00. The van der Waals surface area contributed by atoms with Gasteiger partial charge in [-0.25, -0.2) is 0 Å². The zero-order valence-electron chi connectivity index (χ0n) is 1.00. The Morgan fingerprint density at radius 3 is 0.750 bits per heavy atom. The van der Waals surface area contributed by atoms with E-state index in [2.05, 4.69) is 0 Å². The Kier molecular flexibility index (Phi) is 169. The number of rotatable bonds is 0. The Labute approximate surface area is 79.6 Å². The molecule has 0 atom stereocenters. The summed E-state index contributed by atoms with van der Waals surface area (Å²) in [6, 6.07) is 0. The molecule has 4 N–H and O–H groups in total. The van der Waals surface area contributed by atoms with Crippen molar-refractivity contribution in [1.29, 1.82) is 0 Å². The number of hydrogen-bond donors (Lipinski definition) is 0. The van der Waals surface area contributed by atoms with Crippen molar-refractivity contribution < 1.29 is 11.0 Å². The minimum atomic E-state index is 0. The topological polar surface area (TPSA) is 63.0 Å². The fourth-order valence-electron chi connectivity index (χ4n) is 0. The third-order valence-corrected chi connectivity index (χ3v) is 0. The van der Waals surface area contributed by atoms with Crippen LogP contribution in [0.25, 0.3) is 0 Å². The molecule has 0 heterocycles. The molecule has 0 aliphatic rings. The van der Waals surface area contributed by atoms with Crippen LogP contribution in [0.3, 0.4) is 0 Å². The van der Waals surface area contributed by atoms with Crippen LogP contribution in [0.2, 0.25) is 0 Å². The van der Waals surface area contributed by atoms with Gasteiger partial charge in [0.15, 0.2) is 0 Å². The van der Waals surface area contributed by atoms with Crippen molar-refractivity contribution in [1.82, 2.24) is 0 Å². The SMILES string of the molecule is O.O.[KH].[LiH]. The molecule has 0 radical (unpaired) electrons. The quantitative estimate of drug-likeness (QED) is 0.282. The van der Waals surface area contributed by atoms with E-state index in [0.29, 0.717) is 0 Å². The summed E-state index contributed by atoms with van der Waals surface area (Å²) in [5, 5.41) is 0. The summed E-state index contributed by atoms with van der Waals surface area (Å²) >= 11 is 0. The van der Waals surface area contributed by atoms with Crippen LogP contribution in [0.1, 0.15) is 0 Å². The van der Waals surface area contributed by atoms with Crippen molar-refractivity contribution >= 4 is 70.2 Å². The van der Waals surface area contributed by atoms with Gasteiger partial charge in [-0.2, -0.15) is 0 Å². The van der Waals surface area contributed by atoms with Crippen LogP contribution in [-0.4, -0.2) is 81.2 Å². The van der Waals surface area contributed by atoms with Gasteiger partial charge in [-0.3, -0.25) is 0 Å². The van der Waals surface area contributed by atoms with Gasteiger partial charge in [-0.05, 0) is 0 Å². The van der Waals surface area contributed by atoms with Crippen LogP contribution in [-0.2, 0) is 0 Å². The van der Waals surface area contributed by atoms with Crippen LogP contribution < -0.4 is 0 Å². The molecular formula is H6KLiO2. The first kappa shape index (κ1) is 35.2. The van der Waals surface area contributed by atoms with Gasteiger partial charge in [0, 0.05) is 0 Å². The van der Waals surface area contributed by atoms with Gasteiger partial charge in [0.25, 0.3) is 0 Å². The molecule has 0 fully saturated rings. The van der Waals surface area contributed by atoms with E-state index in [4.69, 9.17) is 0 Å². The zero-order chi connectivity index (χ0) is 0. The van der Waals surface area contributed by atoms with Crippen molar-refractivity contribution in [2.24, 2.45) is 0 Å². The molecule has 0 aromatic heterocycles. The van der Waals surface area contributed by atoms with E-state index < -0.39 is 0 Å². The van der Waals surface area contributed by atoms with Crippen LogP contribution in [0.5, 0.6) is 0 Å². The van der Waals surface area contributed by atoms with Gasteiger partial charge in [-0.15, -0.1) is 0 Å². The van der Waals surface area contributed by atoms with Gasteiger partial charge < -0.3 is 11.0 Å². The second-order valence-electron chi connectivity index (χ2n) is 0. The summed E-state index contributed by atoms with van der Waals surface area (Å²) in [5.74, 6) is 0. The fourth-order valence-corrected chi connectivity index (χ4v) is 0. The summed E-state index contributed by atoms with van der Waals surface area (Å²) in [6.45, 7) is 0. The molecule has 0 spiro atoms. The Morgan fingerprint density at radius 2 is 0.750 bits per heavy atom. The number of hydrogen-bond acceptors (Lipinski definition) is 0. The van der Waals surface area contributed by atoms with Gasteiger partial charge >= 0.3 is 70.2 Å². The molecule has 0 aliphatic heterocycles. The van der Waals surface area contributed by atoms with E-state index in [-0.39, 0.29) is 81.2 Å². The zero-order valence-corrected chi connectivity index (χ0v) is 1.00. The van der Waals surface area contributed by atoms with Gasteiger partial charge in [0.1, 0.15) is 0 Å². The first-order valence-electron chi connectivity index (χ1n) is 0. The minimum absolute atomic E-state index is 0. The molecule has 0 saturated carbocycles. The monoisotopic (exact) mass is 84.0 g/mol. The van der Waals surface area contributed by atoms with Gasteiger partial charge in [-0.1, -0.05) is 0 Å². The van der Waals surface area contributed by atoms with E-state index in [1.165, 1.54) is 0 Å². The van der Waals surface area contributed by atoms with Crippen molar-refractivity contribution in [2.45, 2.75) is 0 Å². The molecule has 0 rings (SSSR count). The second kappa shape index (κ2) is 19.2. The Hall–Kier alpha value is 2.15. The molecule has 0 aromatic rings. The standard InChI is InChI=1S/K.Li.2H2O.2H/h;;2*1H2;;. The third-order valence-electron chi connectivity index (χ3n) is 0. The molecule has 20 valence electrons. The molecule has 2 nitrogen and oxygen atoms in total. The van der Waals surface area contributed by atoms with E-state index in [1.807, 2.05) is 0 Å².